The second-order valence-electron chi connectivity index (χ2n) is 10.3. The molecule has 2 N–H and O–H groups in total. The number of benzene rings is 2. The first-order chi connectivity index (χ1) is 21.2. The fraction of sp³-hybridized carbons (Fsp3) is 0.387. The van der Waals surface area contributed by atoms with E-state index in [9.17, 15) is 14.4 Å². The SMILES string of the molecule is COC(=O)CC(=O)C(C[C@@H]1C[C@@H](Cc2ccc(Cl)c(Cl)c2)CN1)NC(=O)CSc1ncc(-c2ccc(OC)c(OC)c2)cn1. The average Bonchev–Trinajstić information content (AvgIpc) is 3.47. The van der Waals surface area contributed by atoms with E-state index < -0.39 is 24.2 Å². The first kappa shape index (κ1) is 33.5. The van der Waals surface area contributed by atoms with Crippen molar-refractivity contribution in [1.82, 2.24) is 20.6 Å². The van der Waals surface area contributed by atoms with E-state index in [4.69, 9.17) is 32.7 Å². The molecule has 2 aromatic carbocycles. The summed E-state index contributed by atoms with van der Waals surface area (Å²) in [5.74, 6) is 0.103. The molecular weight excluding hydrogens is 627 g/mol. The summed E-state index contributed by atoms with van der Waals surface area (Å²) in [6, 6.07) is 10.2. The fourth-order valence-corrected chi connectivity index (χ4v) is 5.97. The molecule has 234 valence electrons. The van der Waals surface area contributed by atoms with Crippen LogP contribution in [-0.2, 0) is 25.5 Å². The van der Waals surface area contributed by atoms with Gasteiger partial charge in [-0.3, -0.25) is 14.4 Å². The van der Waals surface area contributed by atoms with Crippen molar-refractivity contribution in [3.63, 3.8) is 0 Å². The molecule has 0 saturated carbocycles. The van der Waals surface area contributed by atoms with E-state index >= 15 is 0 Å². The third kappa shape index (κ3) is 9.31. The van der Waals surface area contributed by atoms with Crippen LogP contribution >= 0.6 is 35.0 Å². The van der Waals surface area contributed by atoms with Crippen LogP contribution in [0.3, 0.4) is 0 Å². The first-order valence-corrected chi connectivity index (χ1v) is 15.7. The van der Waals surface area contributed by atoms with Crippen LogP contribution in [0.2, 0.25) is 10.0 Å². The summed E-state index contributed by atoms with van der Waals surface area (Å²) < 4.78 is 15.3. The Hall–Kier alpha value is -3.38. The topological polar surface area (TPSA) is 129 Å². The highest BCUT2D eigenvalue weighted by Gasteiger charge is 2.31. The van der Waals surface area contributed by atoms with Crippen molar-refractivity contribution in [2.45, 2.75) is 42.9 Å². The Morgan fingerprint density at radius 3 is 2.43 bits per heavy atom. The molecule has 13 heteroatoms. The molecule has 3 aromatic rings. The molecule has 1 amide bonds. The molecule has 44 heavy (non-hydrogen) atoms. The molecule has 1 aromatic heterocycles. The second kappa shape index (κ2) is 16.1. The molecule has 0 radical (unpaired) electrons. The van der Waals surface area contributed by atoms with Gasteiger partial charge in [-0.15, -0.1) is 0 Å². The minimum absolute atomic E-state index is 0.00421. The van der Waals surface area contributed by atoms with Crippen LogP contribution < -0.4 is 20.1 Å². The summed E-state index contributed by atoms with van der Waals surface area (Å²) in [5, 5.41) is 7.69. The van der Waals surface area contributed by atoms with E-state index in [0.29, 0.717) is 39.0 Å². The molecule has 0 aliphatic carbocycles. The molecule has 1 aliphatic heterocycles. The third-order valence-corrected chi connectivity index (χ3v) is 8.90. The summed E-state index contributed by atoms with van der Waals surface area (Å²) in [7, 11) is 4.36. The van der Waals surface area contributed by atoms with Crippen molar-refractivity contribution in [1.29, 1.82) is 0 Å². The van der Waals surface area contributed by atoms with Gasteiger partial charge in [-0.25, -0.2) is 9.97 Å². The lowest BCUT2D eigenvalue weighted by Gasteiger charge is -2.21. The van der Waals surface area contributed by atoms with E-state index in [1.165, 1.54) is 7.11 Å². The highest BCUT2D eigenvalue weighted by molar-refractivity contribution is 7.99. The monoisotopic (exact) mass is 660 g/mol. The number of methoxy groups -OCH3 is 3. The number of nitrogens with zero attached hydrogens (tertiary/aromatic N) is 2. The number of carbonyl (C=O) groups is 3. The van der Waals surface area contributed by atoms with E-state index in [2.05, 4.69) is 25.3 Å². The Kier molecular flexibility index (Phi) is 12.2. The Balaban J connectivity index is 1.33. The van der Waals surface area contributed by atoms with Gasteiger partial charge in [0.15, 0.2) is 22.4 Å². The molecule has 1 unspecified atom stereocenters. The second-order valence-corrected chi connectivity index (χ2v) is 12.1. The van der Waals surface area contributed by atoms with Crippen molar-refractivity contribution in [3.8, 4) is 22.6 Å². The van der Waals surface area contributed by atoms with Crippen LogP contribution in [0.25, 0.3) is 11.1 Å². The van der Waals surface area contributed by atoms with Gasteiger partial charge >= 0.3 is 5.97 Å². The van der Waals surface area contributed by atoms with Crippen LogP contribution in [0.4, 0.5) is 0 Å². The summed E-state index contributed by atoms with van der Waals surface area (Å²) in [4.78, 5) is 46.5. The Bertz CT molecular complexity index is 1480. The number of carbonyl (C=O) groups excluding carboxylic acids is 3. The van der Waals surface area contributed by atoms with Crippen molar-refractivity contribution in [2.24, 2.45) is 5.92 Å². The molecule has 1 fully saturated rings. The maximum absolute atomic E-state index is 13.0. The Labute approximate surface area is 270 Å². The van der Waals surface area contributed by atoms with Gasteiger partial charge in [0.25, 0.3) is 0 Å². The van der Waals surface area contributed by atoms with Crippen LogP contribution in [0.15, 0.2) is 53.9 Å². The number of esters is 1. The molecule has 4 rings (SSSR count). The minimum Gasteiger partial charge on any atom is -0.493 e. The Morgan fingerprint density at radius 2 is 1.75 bits per heavy atom. The summed E-state index contributed by atoms with van der Waals surface area (Å²) in [5.41, 5.74) is 2.70. The predicted octanol–water partition coefficient (Wildman–Crippen LogP) is 4.79. The summed E-state index contributed by atoms with van der Waals surface area (Å²) in [6.07, 6.45) is 4.85. The van der Waals surface area contributed by atoms with Crippen molar-refractivity contribution < 1.29 is 28.6 Å². The smallest absolute Gasteiger partial charge is 0.313 e. The highest BCUT2D eigenvalue weighted by Crippen LogP contribution is 2.32. The zero-order valence-corrected chi connectivity index (χ0v) is 26.9. The van der Waals surface area contributed by atoms with E-state index in [0.717, 1.165) is 47.8 Å². The number of ketones is 1. The first-order valence-electron chi connectivity index (χ1n) is 13.9. The number of halogens is 2. The van der Waals surface area contributed by atoms with Crippen LogP contribution in [-0.4, -0.2) is 73.3 Å². The van der Waals surface area contributed by atoms with E-state index in [-0.39, 0.29) is 17.7 Å². The van der Waals surface area contributed by atoms with Crippen LogP contribution in [0.5, 0.6) is 11.5 Å². The van der Waals surface area contributed by atoms with Gasteiger partial charge in [0, 0.05) is 24.0 Å². The standard InChI is InChI=1S/C31H34Cl2N4O6S/c1-41-27-7-5-20(11-28(27)42-2)21-15-35-31(36-16-21)44-17-29(39)37-25(26(38)13-30(40)43-3)12-22-9-19(14-34-22)8-18-4-6-23(32)24(33)10-18/h4-7,10-11,15-16,19,22,25,34H,8-9,12-14,17H2,1-3H3,(H,37,39)/t19-,22+,25?/m1/s1. The minimum atomic E-state index is -0.850. The molecule has 1 saturated heterocycles. The lowest BCUT2D eigenvalue weighted by atomic mass is 9.93. The predicted molar refractivity (Wildman–Crippen MR) is 170 cm³/mol. The van der Waals surface area contributed by atoms with Gasteiger partial charge < -0.3 is 24.8 Å². The highest BCUT2D eigenvalue weighted by atomic mass is 35.5. The van der Waals surface area contributed by atoms with Crippen molar-refractivity contribution >= 4 is 52.6 Å². The summed E-state index contributed by atoms with van der Waals surface area (Å²) >= 11 is 13.4. The third-order valence-electron chi connectivity index (χ3n) is 7.29. The van der Waals surface area contributed by atoms with E-state index in [1.807, 2.05) is 24.3 Å². The largest absolute Gasteiger partial charge is 0.493 e. The lowest BCUT2D eigenvalue weighted by Crippen LogP contribution is -2.45. The fourth-order valence-electron chi connectivity index (χ4n) is 5.05. The average molecular weight is 662 g/mol. The van der Waals surface area contributed by atoms with Crippen molar-refractivity contribution in [2.75, 3.05) is 33.6 Å². The number of Topliss-reactive ketones (excluding diaryl/α,β-unsaturated/α-hetero) is 1. The zero-order valence-electron chi connectivity index (χ0n) is 24.6. The number of amides is 1. The lowest BCUT2D eigenvalue weighted by molar-refractivity contribution is -0.144. The number of hydrogen-bond donors (Lipinski definition) is 2. The zero-order chi connectivity index (χ0) is 31.6. The summed E-state index contributed by atoms with van der Waals surface area (Å²) in [6.45, 7) is 0.753. The Morgan fingerprint density at radius 1 is 1.00 bits per heavy atom. The van der Waals surface area contributed by atoms with Gasteiger partial charge in [0.2, 0.25) is 5.91 Å². The van der Waals surface area contributed by atoms with Gasteiger partial charge in [-0.1, -0.05) is 47.1 Å². The number of ether oxygens (including phenoxy) is 3. The molecule has 10 nitrogen and oxygen atoms in total. The number of aromatic nitrogens is 2. The molecular formula is C31H34Cl2N4O6S. The van der Waals surface area contributed by atoms with Gasteiger partial charge in [0.1, 0.15) is 6.42 Å². The van der Waals surface area contributed by atoms with Crippen LogP contribution in [0, 0.1) is 5.92 Å². The maximum atomic E-state index is 13.0. The number of hydrogen-bond acceptors (Lipinski definition) is 10. The molecule has 2 heterocycles. The molecule has 3 atom stereocenters. The maximum Gasteiger partial charge on any atom is 0.313 e. The van der Waals surface area contributed by atoms with Crippen LogP contribution in [0.1, 0.15) is 24.8 Å². The quantitative estimate of drug-likeness (QED) is 0.108. The number of rotatable bonds is 14. The molecule has 1 aliphatic rings. The van der Waals surface area contributed by atoms with Gasteiger partial charge in [-0.05, 0) is 67.1 Å². The normalized spacial score (nSPS) is 16.7. The molecule has 0 spiro atoms. The van der Waals surface area contributed by atoms with Gasteiger partial charge in [0.05, 0.1) is 43.2 Å². The van der Waals surface area contributed by atoms with E-state index in [1.54, 1.807) is 38.7 Å². The number of thioether (sulfide) groups is 1. The van der Waals surface area contributed by atoms with Gasteiger partial charge in [-0.2, -0.15) is 0 Å². The number of nitrogens with one attached hydrogen (secondary N) is 2. The van der Waals surface area contributed by atoms with Crippen molar-refractivity contribution in [3.05, 3.63) is 64.4 Å². The molecule has 0 bridgehead atoms.